The molecular formula is C17H19NO. The molecule has 0 aromatic heterocycles. The number of benzene rings is 2. The highest BCUT2D eigenvalue weighted by atomic mass is 16.3. The highest BCUT2D eigenvalue weighted by molar-refractivity contribution is 5.71. The second kappa shape index (κ2) is 4.71. The number of anilines is 2. The Kier molecular flexibility index (Phi) is 3.03. The first-order valence-corrected chi connectivity index (χ1v) is 6.82. The lowest BCUT2D eigenvalue weighted by atomic mass is 10.1. The Morgan fingerprint density at radius 2 is 1.79 bits per heavy atom. The van der Waals surface area contributed by atoms with Gasteiger partial charge in [0.05, 0.1) is 6.10 Å². The van der Waals surface area contributed by atoms with Crippen LogP contribution in [0.4, 0.5) is 11.4 Å². The molecule has 0 saturated carbocycles. The SMILES string of the molecule is CC1Cc2ccccc2N1c1ccc([C@@H](C)O)cc1. The van der Waals surface area contributed by atoms with Crippen LogP contribution in [0.25, 0.3) is 0 Å². The maximum absolute atomic E-state index is 9.58. The van der Waals surface area contributed by atoms with Crippen LogP contribution in [0, 0.1) is 0 Å². The van der Waals surface area contributed by atoms with Crippen molar-refractivity contribution in [2.75, 3.05) is 4.90 Å². The van der Waals surface area contributed by atoms with E-state index < -0.39 is 6.10 Å². The predicted molar refractivity (Wildman–Crippen MR) is 78.8 cm³/mol. The highest BCUT2D eigenvalue weighted by Gasteiger charge is 2.26. The zero-order chi connectivity index (χ0) is 13.4. The van der Waals surface area contributed by atoms with Crippen molar-refractivity contribution in [2.45, 2.75) is 32.4 Å². The molecule has 2 nitrogen and oxygen atoms in total. The molecule has 19 heavy (non-hydrogen) atoms. The van der Waals surface area contributed by atoms with Crippen molar-refractivity contribution in [3.05, 3.63) is 59.7 Å². The summed E-state index contributed by atoms with van der Waals surface area (Å²) >= 11 is 0. The van der Waals surface area contributed by atoms with Crippen LogP contribution < -0.4 is 4.90 Å². The summed E-state index contributed by atoms with van der Waals surface area (Å²) in [6, 6.07) is 17.3. The van der Waals surface area contributed by atoms with Crippen LogP contribution in [0.5, 0.6) is 0 Å². The number of nitrogens with zero attached hydrogens (tertiary/aromatic N) is 1. The minimum atomic E-state index is -0.405. The molecule has 0 bridgehead atoms. The molecule has 0 fully saturated rings. The largest absolute Gasteiger partial charge is 0.389 e. The normalized spacial score (nSPS) is 19.3. The van der Waals surface area contributed by atoms with E-state index >= 15 is 0 Å². The van der Waals surface area contributed by atoms with Crippen LogP contribution in [-0.4, -0.2) is 11.1 Å². The number of para-hydroxylation sites is 1. The van der Waals surface area contributed by atoms with E-state index in [1.807, 2.05) is 12.1 Å². The van der Waals surface area contributed by atoms with Crippen LogP contribution in [0.3, 0.4) is 0 Å². The molecule has 1 heterocycles. The fourth-order valence-electron chi connectivity index (χ4n) is 2.87. The summed E-state index contributed by atoms with van der Waals surface area (Å²) in [5, 5.41) is 9.58. The van der Waals surface area contributed by atoms with Gasteiger partial charge in [0, 0.05) is 17.4 Å². The van der Waals surface area contributed by atoms with Gasteiger partial charge in [-0.25, -0.2) is 0 Å². The summed E-state index contributed by atoms with van der Waals surface area (Å²) in [6.07, 6.45) is 0.686. The molecule has 98 valence electrons. The van der Waals surface area contributed by atoms with E-state index in [0.29, 0.717) is 6.04 Å². The monoisotopic (exact) mass is 253 g/mol. The van der Waals surface area contributed by atoms with Crippen LogP contribution in [0.15, 0.2) is 48.5 Å². The van der Waals surface area contributed by atoms with E-state index in [1.165, 1.54) is 16.9 Å². The quantitative estimate of drug-likeness (QED) is 0.879. The van der Waals surface area contributed by atoms with E-state index in [2.05, 4.69) is 48.2 Å². The van der Waals surface area contributed by atoms with Crippen LogP contribution >= 0.6 is 0 Å². The Morgan fingerprint density at radius 3 is 2.47 bits per heavy atom. The lowest BCUT2D eigenvalue weighted by Crippen LogP contribution is -2.23. The molecule has 1 N–H and O–H groups in total. The van der Waals surface area contributed by atoms with Crippen molar-refractivity contribution in [3.63, 3.8) is 0 Å². The number of rotatable bonds is 2. The Balaban J connectivity index is 1.98. The van der Waals surface area contributed by atoms with Crippen LogP contribution in [-0.2, 0) is 6.42 Å². The fourth-order valence-corrected chi connectivity index (χ4v) is 2.87. The van der Waals surface area contributed by atoms with Gasteiger partial charge in [-0.3, -0.25) is 0 Å². The highest BCUT2D eigenvalue weighted by Crippen LogP contribution is 2.38. The molecule has 3 rings (SSSR count). The van der Waals surface area contributed by atoms with Gasteiger partial charge >= 0.3 is 0 Å². The topological polar surface area (TPSA) is 23.5 Å². The van der Waals surface area contributed by atoms with Gasteiger partial charge in [0.2, 0.25) is 0 Å². The molecule has 2 aromatic rings. The van der Waals surface area contributed by atoms with Crippen LogP contribution in [0.2, 0.25) is 0 Å². The maximum Gasteiger partial charge on any atom is 0.0761 e. The van der Waals surface area contributed by atoms with E-state index in [-0.39, 0.29) is 0 Å². The first-order valence-electron chi connectivity index (χ1n) is 6.82. The van der Waals surface area contributed by atoms with E-state index in [9.17, 15) is 5.11 Å². The third-order valence-corrected chi connectivity index (χ3v) is 3.86. The predicted octanol–water partition coefficient (Wildman–Crippen LogP) is 3.82. The average Bonchev–Trinajstić information content (AvgIpc) is 2.74. The molecule has 0 radical (unpaired) electrons. The van der Waals surface area contributed by atoms with Crippen molar-refractivity contribution in [2.24, 2.45) is 0 Å². The molecule has 0 saturated heterocycles. The van der Waals surface area contributed by atoms with Gasteiger partial charge in [0.15, 0.2) is 0 Å². The molecule has 2 aromatic carbocycles. The Hall–Kier alpha value is -1.80. The molecule has 0 aliphatic carbocycles. The van der Waals surface area contributed by atoms with Gasteiger partial charge < -0.3 is 10.0 Å². The van der Waals surface area contributed by atoms with E-state index in [0.717, 1.165) is 12.0 Å². The molecule has 2 heteroatoms. The van der Waals surface area contributed by atoms with Gasteiger partial charge in [0.1, 0.15) is 0 Å². The zero-order valence-corrected chi connectivity index (χ0v) is 11.4. The minimum Gasteiger partial charge on any atom is -0.389 e. The van der Waals surface area contributed by atoms with Gasteiger partial charge in [-0.2, -0.15) is 0 Å². The summed E-state index contributed by atoms with van der Waals surface area (Å²) in [5.74, 6) is 0. The zero-order valence-electron chi connectivity index (χ0n) is 11.4. The number of fused-ring (bicyclic) bond motifs is 1. The maximum atomic E-state index is 9.58. The summed E-state index contributed by atoms with van der Waals surface area (Å²) in [5.41, 5.74) is 4.88. The minimum absolute atomic E-state index is 0.405. The summed E-state index contributed by atoms with van der Waals surface area (Å²) in [7, 11) is 0. The Bertz CT molecular complexity index is 574. The van der Waals surface area contributed by atoms with Gasteiger partial charge in [-0.05, 0) is 49.6 Å². The van der Waals surface area contributed by atoms with Gasteiger partial charge in [-0.15, -0.1) is 0 Å². The lowest BCUT2D eigenvalue weighted by molar-refractivity contribution is 0.199. The van der Waals surface area contributed by atoms with Crippen molar-refractivity contribution in [1.82, 2.24) is 0 Å². The molecule has 1 unspecified atom stereocenters. The lowest BCUT2D eigenvalue weighted by Gasteiger charge is -2.25. The molecule has 0 amide bonds. The van der Waals surface area contributed by atoms with E-state index in [1.54, 1.807) is 6.92 Å². The van der Waals surface area contributed by atoms with Crippen molar-refractivity contribution in [3.8, 4) is 0 Å². The Labute approximate surface area is 114 Å². The number of aliphatic hydroxyl groups is 1. The molecule has 1 aliphatic rings. The average molecular weight is 253 g/mol. The second-order valence-corrected chi connectivity index (χ2v) is 5.32. The molecule has 1 aliphatic heterocycles. The smallest absolute Gasteiger partial charge is 0.0761 e. The first kappa shape index (κ1) is 12.2. The number of hydrogen-bond donors (Lipinski definition) is 1. The molecule has 0 spiro atoms. The summed E-state index contributed by atoms with van der Waals surface area (Å²) in [4.78, 5) is 2.38. The first-order chi connectivity index (χ1) is 9.16. The van der Waals surface area contributed by atoms with Gasteiger partial charge in [-0.1, -0.05) is 30.3 Å². The van der Waals surface area contributed by atoms with Crippen molar-refractivity contribution in [1.29, 1.82) is 0 Å². The molecule has 2 atom stereocenters. The van der Waals surface area contributed by atoms with E-state index in [4.69, 9.17) is 0 Å². The number of hydrogen-bond acceptors (Lipinski definition) is 2. The van der Waals surface area contributed by atoms with Crippen molar-refractivity contribution >= 4 is 11.4 Å². The Morgan fingerprint density at radius 1 is 1.11 bits per heavy atom. The second-order valence-electron chi connectivity index (χ2n) is 5.32. The number of aliphatic hydroxyl groups excluding tert-OH is 1. The molecular weight excluding hydrogens is 234 g/mol. The summed E-state index contributed by atoms with van der Waals surface area (Å²) < 4.78 is 0. The van der Waals surface area contributed by atoms with Crippen LogP contribution in [0.1, 0.15) is 31.1 Å². The third-order valence-electron chi connectivity index (χ3n) is 3.86. The summed E-state index contributed by atoms with van der Waals surface area (Å²) in [6.45, 7) is 4.05. The van der Waals surface area contributed by atoms with Gasteiger partial charge in [0.25, 0.3) is 0 Å². The van der Waals surface area contributed by atoms with Crippen molar-refractivity contribution < 1.29 is 5.11 Å². The third kappa shape index (κ3) is 2.13. The fraction of sp³-hybridized carbons (Fsp3) is 0.294. The standard InChI is InChI=1S/C17H19NO/c1-12-11-15-5-3-4-6-17(15)18(12)16-9-7-14(8-10-16)13(2)19/h3-10,12-13,19H,11H2,1-2H3/t12?,13-/m1/s1.